The van der Waals surface area contributed by atoms with Gasteiger partial charge in [0.2, 0.25) is 0 Å². The molecule has 0 aliphatic heterocycles. The second kappa shape index (κ2) is 6.02. The van der Waals surface area contributed by atoms with Crippen molar-refractivity contribution < 1.29 is 13.2 Å². The van der Waals surface area contributed by atoms with Gasteiger partial charge in [-0.2, -0.15) is 18.4 Å². The highest BCUT2D eigenvalue weighted by atomic mass is 35.5. The Morgan fingerprint density at radius 2 is 2.09 bits per heavy atom. The summed E-state index contributed by atoms with van der Waals surface area (Å²) in [5, 5.41) is 8.77. The molecule has 2 rings (SSSR count). The van der Waals surface area contributed by atoms with E-state index in [9.17, 15) is 18.0 Å². The number of hydrogen-bond donors (Lipinski definition) is 1. The van der Waals surface area contributed by atoms with Gasteiger partial charge < -0.3 is 4.98 Å². The van der Waals surface area contributed by atoms with Gasteiger partial charge in [-0.1, -0.05) is 29.4 Å². The predicted octanol–water partition coefficient (Wildman–Crippen LogP) is 3.70. The standard InChI is InChI=1S/C13H7ClF3N3OS/c1-22-12-19-10(7(5-18)11(21)20-12)6-2-3-8(9(14)4-6)13(15,16)17/h2-4H,1H3,(H,19,20,21). The van der Waals surface area contributed by atoms with Crippen LogP contribution in [-0.4, -0.2) is 16.2 Å². The lowest BCUT2D eigenvalue weighted by Crippen LogP contribution is -2.14. The molecule has 0 aliphatic carbocycles. The molecule has 4 nitrogen and oxygen atoms in total. The number of nitriles is 1. The minimum atomic E-state index is -4.58. The van der Waals surface area contributed by atoms with Crippen molar-refractivity contribution in [1.82, 2.24) is 9.97 Å². The summed E-state index contributed by atoms with van der Waals surface area (Å²) in [5.41, 5.74) is -1.78. The van der Waals surface area contributed by atoms with Crippen LogP contribution < -0.4 is 5.56 Å². The number of H-pyrrole nitrogens is 1. The number of halogens is 4. The van der Waals surface area contributed by atoms with Gasteiger partial charge in [0.05, 0.1) is 16.3 Å². The van der Waals surface area contributed by atoms with Crippen LogP contribution in [0.25, 0.3) is 11.3 Å². The van der Waals surface area contributed by atoms with Gasteiger partial charge in [-0.05, 0) is 18.4 Å². The highest BCUT2D eigenvalue weighted by Crippen LogP contribution is 2.36. The maximum atomic E-state index is 12.7. The van der Waals surface area contributed by atoms with E-state index in [1.54, 1.807) is 12.3 Å². The summed E-state index contributed by atoms with van der Waals surface area (Å²) in [7, 11) is 0. The Morgan fingerprint density at radius 3 is 2.59 bits per heavy atom. The molecule has 9 heteroatoms. The quantitative estimate of drug-likeness (QED) is 0.665. The van der Waals surface area contributed by atoms with Gasteiger partial charge in [0, 0.05) is 5.56 Å². The van der Waals surface area contributed by atoms with E-state index in [4.69, 9.17) is 16.9 Å². The van der Waals surface area contributed by atoms with Gasteiger partial charge in [0.15, 0.2) is 5.16 Å². The molecular weight excluding hydrogens is 339 g/mol. The summed E-state index contributed by atoms with van der Waals surface area (Å²) in [6, 6.07) is 4.65. The van der Waals surface area contributed by atoms with Crippen molar-refractivity contribution in [2.24, 2.45) is 0 Å². The van der Waals surface area contributed by atoms with Crippen LogP contribution in [0.15, 0.2) is 28.2 Å². The smallest absolute Gasteiger partial charge is 0.300 e. The van der Waals surface area contributed by atoms with E-state index in [1.165, 1.54) is 0 Å². The molecule has 0 aliphatic rings. The normalized spacial score (nSPS) is 11.3. The van der Waals surface area contributed by atoms with Gasteiger partial charge in [0.25, 0.3) is 5.56 Å². The van der Waals surface area contributed by atoms with Crippen molar-refractivity contribution in [2.45, 2.75) is 11.3 Å². The van der Waals surface area contributed by atoms with Crippen LogP contribution in [0.4, 0.5) is 13.2 Å². The molecule has 0 saturated heterocycles. The molecule has 114 valence electrons. The van der Waals surface area contributed by atoms with Crippen molar-refractivity contribution in [3.63, 3.8) is 0 Å². The van der Waals surface area contributed by atoms with Gasteiger partial charge >= 0.3 is 6.18 Å². The molecule has 0 radical (unpaired) electrons. The molecule has 1 N–H and O–H groups in total. The number of alkyl halides is 3. The lowest BCUT2D eigenvalue weighted by molar-refractivity contribution is -0.137. The first-order valence-electron chi connectivity index (χ1n) is 5.73. The van der Waals surface area contributed by atoms with E-state index in [0.717, 1.165) is 30.0 Å². The van der Waals surface area contributed by atoms with Gasteiger partial charge in [-0.25, -0.2) is 4.98 Å². The molecular formula is C13H7ClF3N3OS. The zero-order valence-electron chi connectivity index (χ0n) is 11.0. The Labute approximate surface area is 131 Å². The van der Waals surface area contributed by atoms with E-state index in [-0.39, 0.29) is 22.0 Å². The fourth-order valence-electron chi connectivity index (χ4n) is 1.75. The molecule has 22 heavy (non-hydrogen) atoms. The molecule has 0 bridgehead atoms. The monoisotopic (exact) mass is 345 g/mol. The van der Waals surface area contributed by atoms with Gasteiger partial charge in [-0.15, -0.1) is 0 Å². The zero-order valence-corrected chi connectivity index (χ0v) is 12.5. The van der Waals surface area contributed by atoms with E-state index in [1.807, 2.05) is 0 Å². The molecule has 1 aromatic heterocycles. The molecule has 1 heterocycles. The lowest BCUT2D eigenvalue weighted by Gasteiger charge is -2.11. The van der Waals surface area contributed by atoms with Crippen LogP contribution in [0.2, 0.25) is 5.02 Å². The topological polar surface area (TPSA) is 69.5 Å². The average Bonchev–Trinajstić information content (AvgIpc) is 2.44. The Balaban J connectivity index is 2.68. The van der Waals surface area contributed by atoms with E-state index in [2.05, 4.69) is 9.97 Å². The Morgan fingerprint density at radius 1 is 1.41 bits per heavy atom. The number of aromatic amines is 1. The van der Waals surface area contributed by atoms with Crippen LogP contribution in [0.1, 0.15) is 11.1 Å². The molecule has 0 fully saturated rings. The molecule has 1 aromatic carbocycles. The third kappa shape index (κ3) is 3.10. The van der Waals surface area contributed by atoms with Crippen molar-refractivity contribution >= 4 is 23.4 Å². The van der Waals surface area contributed by atoms with Crippen molar-refractivity contribution in [1.29, 1.82) is 5.26 Å². The summed E-state index contributed by atoms with van der Waals surface area (Å²) < 4.78 is 38.1. The second-order valence-electron chi connectivity index (χ2n) is 4.10. The number of nitrogens with zero attached hydrogens (tertiary/aromatic N) is 2. The van der Waals surface area contributed by atoms with Crippen molar-refractivity contribution in [2.75, 3.05) is 6.26 Å². The Kier molecular flexibility index (Phi) is 4.49. The molecule has 0 saturated carbocycles. The third-order valence-corrected chi connectivity index (χ3v) is 3.64. The van der Waals surface area contributed by atoms with E-state index >= 15 is 0 Å². The highest BCUT2D eigenvalue weighted by molar-refractivity contribution is 7.98. The van der Waals surface area contributed by atoms with Crippen LogP contribution in [0.5, 0.6) is 0 Å². The average molecular weight is 346 g/mol. The summed E-state index contributed by atoms with van der Waals surface area (Å²) in [6.45, 7) is 0. The third-order valence-electron chi connectivity index (χ3n) is 2.75. The SMILES string of the molecule is CSc1nc(-c2ccc(C(F)(F)F)c(Cl)c2)c(C#N)c(=O)[nH]1. The fourth-order valence-corrected chi connectivity index (χ4v) is 2.42. The van der Waals surface area contributed by atoms with Crippen molar-refractivity contribution in [3.05, 3.63) is 44.7 Å². The first kappa shape index (κ1) is 16.4. The molecule has 2 aromatic rings. The van der Waals surface area contributed by atoms with E-state index < -0.39 is 22.3 Å². The number of aromatic nitrogens is 2. The Hall–Kier alpha value is -1.98. The molecule has 0 spiro atoms. The molecule has 0 unspecified atom stereocenters. The number of thioether (sulfide) groups is 1. The Bertz CT molecular complexity index is 827. The maximum absolute atomic E-state index is 12.7. The summed E-state index contributed by atoms with van der Waals surface area (Å²) in [5.74, 6) is 0. The summed E-state index contributed by atoms with van der Waals surface area (Å²) in [4.78, 5) is 18.3. The fraction of sp³-hybridized carbons (Fsp3) is 0.154. The number of rotatable bonds is 2. The molecule has 0 atom stereocenters. The minimum absolute atomic E-state index is 0.00813. The van der Waals surface area contributed by atoms with Crippen LogP contribution in [0, 0.1) is 11.3 Å². The molecule has 0 amide bonds. The van der Waals surface area contributed by atoms with Crippen LogP contribution in [0.3, 0.4) is 0 Å². The van der Waals surface area contributed by atoms with Crippen LogP contribution in [-0.2, 0) is 6.18 Å². The number of nitrogens with one attached hydrogen (secondary N) is 1. The van der Waals surface area contributed by atoms with Gasteiger partial charge in [-0.3, -0.25) is 4.79 Å². The second-order valence-corrected chi connectivity index (χ2v) is 5.31. The summed E-state index contributed by atoms with van der Waals surface area (Å²) >= 11 is 6.78. The van der Waals surface area contributed by atoms with Crippen molar-refractivity contribution in [3.8, 4) is 17.3 Å². The predicted molar refractivity (Wildman–Crippen MR) is 76.8 cm³/mol. The lowest BCUT2D eigenvalue weighted by atomic mass is 10.1. The first-order valence-corrected chi connectivity index (χ1v) is 7.33. The number of hydrogen-bond acceptors (Lipinski definition) is 4. The van der Waals surface area contributed by atoms with Crippen LogP contribution >= 0.6 is 23.4 Å². The minimum Gasteiger partial charge on any atom is -0.300 e. The maximum Gasteiger partial charge on any atom is 0.417 e. The summed E-state index contributed by atoms with van der Waals surface area (Å²) in [6.07, 6.45) is -2.92. The zero-order chi connectivity index (χ0) is 16.5. The van der Waals surface area contributed by atoms with Gasteiger partial charge in [0.1, 0.15) is 11.6 Å². The largest absolute Gasteiger partial charge is 0.417 e. The highest BCUT2D eigenvalue weighted by Gasteiger charge is 2.33. The number of benzene rings is 1. The first-order chi connectivity index (χ1) is 10.3. The van der Waals surface area contributed by atoms with E-state index in [0.29, 0.717) is 0 Å².